The normalized spacial score (nSPS) is 13.4. The van der Waals surface area contributed by atoms with Crippen molar-refractivity contribution in [2.24, 2.45) is 0 Å². The van der Waals surface area contributed by atoms with Crippen molar-refractivity contribution in [2.75, 3.05) is 6.61 Å². The van der Waals surface area contributed by atoms with Gasteiger partial charge in [-0.3, -0.25) is 8.98 Å². The van der Waals surface area contributed by atoms with E-state index in [0.717, 1.165) is 32.0 Å². The minimum absolute atomic E-state index is 0. The van der Waals surface area contributed by atoms with Crippen LogP contribution in [0.5, 0.6) is 11.5 Å². The number of rotatable bonds is 10. The van der Waals surface area contributed by atoms with E-state index < -0.39 is 16.4 Å². The quantitative estimate of drug-likeness (QED) is 0.0441. The number of ether oxygens (including phenoxy) is 1. The van der Waals surface area contributed by atoms with Gasteiger partial charge in [0, 0.05) is 38.5 Å². The summed E-state index contributed by atoms with van der Waals surface area (Å²) in [7, 11) is -4.81. The van der Waals surface area contributed by atoms with Crippen LogP contribution in [0.1, 0.15) is 132 Å². The largest absolute Gasteiger partial charge is 1.00 e. The fourth-order valence-corrected chi connectivity index (χ4v) is 7.73. The number of phenols is 1. The van der Waals surface area contributed by atoms with Gasteiger partial charge in [-0.25, -0.2) is 8.42 Å². The first kappa shape index (κ1) is 43.3. The molecule has 0 unspecified atom stereocenters. The van der Waals surface area contributed by atoms with E-state index in [-0.39, 0.29) is 74.7 Å². The molecule has 46 heavy (non-hydrogen) atoms. The van der Waals surface area contributed by atoms with Crippen LogP contribution in [0, 0.1) is 0 Å². The Kier molecular flexibility index (Phi) is 14.5. The summed E-state index contributed by atoms with van der Waals surface area (Å²) in [5, 5.41) is 11.2. The average Bonchev–Trinajstić information content (AvgIpc) is 2.79. The Morgan fingerprint density at radius 3 is 1.39 bits per heavy atom. The summed E-state index contributed by atoms with van der Waals surface area (Å²) in [6, 6.07) is 8.41. The molecule has 0 radical (unpaired) electrons. The second-order valence-electron chi connectivity index (χ2n) is 16.1. The first-order valence-corrected chi connectivity index (χ1v) is 18.2. The Balaban J connectivity index is 0.0000106. The summed E-state index contributed by atoms with van der Waals surface area (Å²) in [5.41, 5.74) is 2.46. The van der Waals surface area contributed by atoms with Gasteiger partial charge in [0.05, 0.1) is 10.7 Å². The van der Waals surface area contributed by atoms with Crippen molar-refractivity contribution >= 4 is 39.9 Å². The molecule has 7 nitrogen and oxygen atoms in total. The van der Waals surface area contributed by atoms with E-state index in [9.17, 15) is 22.9 Å². The van der Waals surface area contributed by atoms with Crippen molar-refractivity contribution in [1.82, 2.24) is 0 Å². The van der Waals surface area contributed by atoms with Crippen LogP contribution in [-0.4, -0.2) is 34.7 Å². The number of carbonyl (C=O) groups is 1. The summed E-state index contributed by atoms with van der Waals surface area (Å²) in [5.74, 6) is 0.351. The number of thioether (sulfide) groups is 2. The van der Waals surface area contributed by atoms with Crippen LogP contribution in [0.4, 0.5) is 0 Å². The summed E-state index contributed by atoms with van der Waals surface area (Å²) in [6.45, 7) is 29.1. The van der Waals surface area contributed by atoms with Gasteiger partial charge in [0.2, 0.25) is 10.4 Å². The Hall–Kier alpha value is -0.720. The number of hydrogen-bond acceptors (Lipinski definition) is 9. The molecule has 2 rings (SSSR count). The van der Waals surface area contributed by atoms with Gasteiger partial charge < -0.3 is 14.4 Å². The number of hydrogen-bond donors (Lipinski definition) is 1. The maximum absolute atomic E-state index is 12.9. The maximum Gasteiger partial charge on any atom is 1.00 e. The van der Waals surface area contributed by atoms with E-state index in [1.165, 1.54) is 0 Å². The Labute approximate surface area is 309 Å². The van der Waals surface area contributed by atoms with Gasteiger partial charge in [-0.05, 0) is 66.2 Å². The third-order valence-corrected chi connectivity index (χ3v) is 9.96. The fraction of sp³-hybridized carbons (Fsp3) is 0.629. The van der Waals surface area contributed by atoms with Crippen molar-refractivity contribution in [2.45, 2.75) is 145 Å². The van der Waals surface area contributed by atoms with Crippen LogP contribution >= 0.6 is 23.5 Å². The fourth-order valence-electron chi connectivity index (χ4n) is 4.83. The monoisotopic (exact) mass is 704 g/mol. The van der Waals surface area contributed by atoms with Gasteiger partial charge in [-0.2, -0.15) is 0 Å². The summed E-state index contributed by atoms with van der Waals surface area (Å²) >= 11 is 3.49. The van der Waals surface area contributed by atoms with Crippen molar-refractivity contribution in [3.8, 4) is 11.5 Å². The third kappa shape index (κ3) is 13.0. The minimum Gasteiger partial charge on any atom is -0.726 e. The summed E-state index contributed by atoms with van der Waals surface area (Å²) in [6.07, 6.45) is -0.0525. The Morgan fingerprint density at radius 1 is 0.717 bits per heavy atom. The smallest absolute Gasteiger partial charge is 0.726 e. The zero-order chi connectivity index (χ0) is 35.0. The second kappa shape index (κ2) is 15.4. The van der Waals surface area contributed by atoms with E-state index in [4.69, 9.17) is 4.74 Å². The standard InChI is InChI=1S/C35H54O7S3.Na/c1-31(2,3)24-18-22(19-25(29(24)37)32(4,5)6)43-35(13,14)44-23-20-26(33(7,8)9)30(27(21-23)34(10,11)12)42-28(36)16-15-17-41-45(38,39)40;/h18-21,37H,15-17H2,1-14H3,(H,38,39,40);/q;+1/p-1. The van der Waals surface area contributed by atoms with Crippen LogP contribution in [0.25, 0.3) is 0 Å². The zero-order valence-electron chi connectivity index (χ0n) is 30.6. The molecule has 1 N–H and O–H groups in total. The van der Waals surface area contributed by atoms with Crippen LogP contribution in [0.2, 0.25) is 0 Å². The molecule has 0 amide bonds. The molecule has 0 heterocycles. The van der Waals surface area contributed by atoms with Gasteiger partial charge in [0.25, 0.3) is 0 Å². The maximum atomic E-state index is 12.9. The molecule has 0 saturated carbocycles. The number of phenolic OH excluding ortho intramolecular Hbond substituents is 1. The molecule has 0 aliphatic heterocycles. The molecule has 2 aromatic carbocycles. The molecular formula is C35H53NaO7S3. The van der Waals surface area contributed by atoms with Gasteiger partial charge in [-0.1, -0.05) is 83.1 Å². The van der Waals surface area contributed by atoms with Gasteiger partial charge in [-0.15, -0.1) is 23.5 Å². The molecule has 11 heteroatoms. The van der Waals surface area contributed by atoms with Crippen molar-refractivity contribution in [3.05, 3.63) is 46.5 Å². The van der Waals surface area contributed by atoms with Crippen LogP contribution < -0.4 is 34.3 Å². The molecule has 0 aliphatic rings. The second-order valence-corrected chi connectivity index (χ2v) is 20.8. The van der Waals surface area contributed by atoms with Crippen LogP contribution in [0.15, 0.2) is 34.1 Å². The first-order valence-electron chi connectivity index (χ1n) is 15.3. The molecule has 0 atom stereocenters. The Bertz CT molecular complexity index is 1420. The molecule has 2 aromatic rings. The van der Waals surface area contributed by atoms with E-state index in [1.54, 1.807) is 23.5 Å². The predicted molar refractivity (Wildman–Crippen MR) is 186 cm³/mol. The average molecular weight is 705 g/mol. The number of aromatic hydroxyl groups is 1. The molecule has 0 aromatic heterocycles. The van der Waals surface area contributed by atoms with Gasteiger partial charge >= 0.3 is 35.5 Å². The zero-order valence-corrected chi connectivity index (χ0v) is 35.0. The summed E-state index contributed by atoms with van der Waals surface area (Å²) in [4.78, 5) is 15.0. The van der Waals surface area contributed by atoms with E-state index in [1.807, 2.05) is 0 Å². The van der Waals surface area contributed by atoms with E-state index in [2.05, 4.69) is 125 Å². The first-order chi connectivity index (χ1) is 20.0. The van der Waals surface area contributed by atoms with Gasteiger partial charge in [0.1, 0.15) is 11.5 Å². The molecule has 0 aliphatic carbocycles. The topological polar surface area (TPSA) is 113 Å². The van der Waals surface area contributed by atoms with Crippen molar-refractivity contribution in [1.29, 1.82) is 0 Å². The minimum atomic E-state index is -4.81. The SMILES string of the molecule is CC(C)(Sc1cc(C(C)(C)C)c(O)c(C(C)(C)C)c1)Sc1cc(C(C)(C)C)c(OC(=O)CCCOS(=O)(=O)[O-])c(C(C)(C)C)c1.[Na+]. The van der Waals surface area contributed by atoms with Crippen molar-refractivity contribution < 1.29 is 61.3 Å². The van der Waals surface area contributed by atoms with Crippen LogP contribution in [0.3, 0.4) is 0 Å². The molecule has 0 saturated heterocycles. The van der Waals surface area contributed by atoms with E-state index >= 15 is 0 Å². The molecular weight excluding hydrogens is 652 g/mol. The summed E-state index contributed by atoms with van der Waals surface area (Å²) < 4.78 is 42.1. The number of benzene rings is 2. The predicted octanol–water partition coefficient (Wildman–Crippen LogP) is 6.37. The molecule has 254 valence electrons. The molecule has 0 fully saturated rings. The van der Waals surface area contributed by atoms with Gasteiger partial charge in [0.15, 0.2) is 0 Å². The van der Waals surface area contributed by atoms with E-state index in [0.29, 0.717) is 11.5 Å². The van der Waals surface area contributed by atoms with Crippen LogP contribution in [-0.2, 0) is 41.0 Å². The number of esters is 1. The number of carbonyl (C=O) groups excluding carboxylic acids is 1. The molecule has 0 spiro atoms. The third-order valence-electron chi connectivity index (χ3n) is 7.07. The van der Waals surface area contributed by atoms with Crippen molar-refractivity contribution in [3.63, 3.8) is 0 Å². The Morgan fingerprint density at radius 2 is 1.07 bits per heavy atom. The molecule has 0 bridgehead atoms.